The van der Waals surface area contributed by atoms with Crippen LogP contribution < -0.4 is 4.90 Å². The molecule has 0 amide bonds. The van der Waals surface area contributed by atoms with Crippen LogP contribution >= 0.6 is 15.9 Å². The van der Waals surface area contributed by atoms with E-state index >= 15 is 0 Å². The number of pyridine rings is 1. The highest BCUT2D eigenvalue weighted by atomic mass is 79.9. The maximum atomic E-state index is 13.3. The minimum absolute atomic E-state index is 0.00183. The second-order valence-corrected chi connectivity index (χ2v) is 6.56. The Labute approximate surface area is 154 Å². The van der Waals surface area contributed by atoms with Gasteiger partial charge in [0.05, 0.1) is 12.7 Å². The van der Waals surface area contributed by atoms with Gasteiger partial charge in [0.1, 0.15) is 16.2 Å². The molecule has 0 fully saturated rings. The van der Waals surface area contributed by atoms with E-state index in [-0.39, 0.29) is 11.6 Å². The Hall–Kier alpha value is -2.49. The fourth-order valence-electron chi connectivity index (χ4n) is 2.78. The summed E-state index contributed by atoms with van der Waals surface area (Å²) in [4.78, 5) is 18.0. The van der Waals surface area contributed by atoms with E-state index < -0.39 is 11.9 Å². The molecule has 3 aromatic heterocycles. The number of anilines is 1. The summed E-state index contributed by atoms with van der Waals surface area (Å²) in [5, 5.41) is 0. The fourth-order valence-corrected chi connectivity index (χ4v) is 3.27. The van der Waals surface area contributed by atoms with Crippen molar-refractivity contribution in [2.24, 2.45) is 0 Å². The molecule has 0 atom stereocenters. The maximum absolute atomic E-state index is 13.3. The van der Waals surface area contributed by atoms with E-state index in [0.29, 0.717) is 25.2 Å². The van der Waals surface area contributed by atoms with Gasteiger partial charge in [0.25, 0.3) is 0 Å². The summed E-state index contributed by atoms with van der Waals surface area (Å²) in [7, 11) is 0. The average molecular weight is 425 g/mol. The molecule has 0 saturated heterocycles. The molecular weight excluding hydrogens is 413 g/mol. The highest BCUT2D eigenvalue weighted by Crippen LogP contribution is 2.32. The van der Waals surface area contributed by atoms with Crippen LogP contribution in [0, 0.1) is 0 Å². The Kier molecular flexibility index (Phi) is 4.14. The molecule has 4 rings (SSSR count). The van der Waals surface area contributed by atoms with Gasteiger partial charge in [-0.15, -0.1) is 0 Å². The first-order chi connectivity index (χ1) is 12.4. The number of aromatic nitrogens is 5. The number of fused-ring (bicyclic) bond motifs is 1. The van der Waals surface area contributed by atoms with Crippen LogP contribution in [-0.2, 0) is 19.3 Å². The molecule has 26 heavy (non-hydrogen) atoms. The van der Waals surface area contributed by atoms with Gasteiger partial charge in [-0.25, -0.2) is 15.0 Å². The van der Waals surface area contributed by atoms with E-state index in [1.54, 1.807) is 29.4 Å². The van der Waals surface area contributed by atoms with Crippen molar-refractivity contribution in [2.75, 3.05) is 11.4 Å². The molecular formula is C16H12BrF3N6. The monoisotopic (exact) mass is 424 g/mol. The Bertz CT molecular complexity index is 941. The zero-order valence-corrected chi connectivity index (χ0v) is 14.9. The summed E-state index contributed by atoms with van der Waals surface area (Å²) in [6, 6.07) is 4.24. The normalized spacial score (nSPS) is 14.4. The summed E-state index contributed by atoms with van der Waals surface area (Å²) in [6.07, 6.45) is 0.104. The minimum Gasteiger partial charge on any atom is -0.347 e. The first-order valence-corrected chi connectivity index (χ1v) is 8.52. The minimum atomic E-state index is -4.56. The lowest BCUT2D eigenvalue weighted by Crippen LogP contribution is -2.34. The summed E-state index contributed by atoms with van der Waals surface area (Å²) in [5.74, 6) is 0.979. The number of hydrogen-bond acceptors (Lipinski definition) is 5. The van der Waals surface area contributed by atoms with E-state index in [9.17, 15) is 13.2 Å². The van der Waals surface area contributed by atoms with Crippen molar-refractivity contribution in [1.29, 1.82) is 0 Å². The molecule has 0 spiro atoms. The summed E-state index contributed by atoms with van der Waals surface area (Å²) < 4.78 is 42.8. The van der Waals surface area contributed by atoms with Crippen LogP contribution in [0.2, 0.25) is 0 Å². The lowest BCUT2D eigenvalue weighted by Gasteiger charge is -2.29. The molecule has 0 aromatic carbocycles. The Balaban J connectivity index is 1.76. The van der Waals surface area contributed by atoms with E-state index in [1.807, 2.05) is 4.57 Å². The van der Waals surface area contributed by atoms with Gasteiger partial charge in [-0.3, -0.25) is 4.98 Å². The van der Waals surface area contributed by atoms with Crippen molar-refractivity contribution in [3.05, 3.63) is 52.9 Å². The molecule has 134 valence electrons. The predicted octanol–water partition coefficient (Wildman–Crippen LogP) is 3.54. The Morgan fingerprint density at radius 2 is 1.96 bits per heavy atom. The number of halogens is 4. The van der Waals surface area contributed by atoms with Crippen LogP contribution in [0.4, 0.5) is 19.0 Å². The van der Waals surface area contributed by atoms with Gasteiger partial charge >= 0.3 is 6.18 Å². The standard InChI is InChI=1S/C16H12BrF3N6/c17-12-8-22-14-9-25(4-5-26(12)14)13-6-11(16(18,19)20)23-15(24-13)10-2-1-3-21-7-10/h1-3,6-8H,4-5,9H2. The second-order valence-electron chi connectivity index (χ2n) is 5.74. The zero-order chi connectivity index (χ0) is 18.3. The Morgan fingerprint density at radius 1 is 1.12 bits per heavy atom. The quantitative estimate of drug-likeness (QED) is 0.629. The van der Waals surface area contributed by atoms with Crippen LogP contribution in [0.25, 0.3) is 11.4 Å². The predicted molar refractivity (Wildman–Crippen MR) is 91.2 cm³/mol. The van der Waals surface area contributed by atoms with Crippen molar-refractivity contribution < 1.29 is 13.2 Å². The SMILES string of the molecule is FC(F)(F)c1cc(N2CCn3c(Br)cnc3C2)nc(-c2cccnc2)n1. The van der Waals surface area contributed by atoms with Gasteiger partial charge in [-0.05, 0) is 28.1 Å². The van der Waals surface area contributed by atoms with Crippen molar-refractivity contribution in [3.8, 4) is 11.4 Å². The summed E-state index contributed by atoms with van der Waals surface area (Å²) in [6.45, 7) is 1.48. The molecule has 1 aliphatic heterocycles. The molecule has 0 aliphatic carbocycles. The third-order valence-electron chi connectivity index (χ3n) is 4.06. The van der Waals surface area contributed by atoms with E-state index in [2.05, 4.69) is 35.9 Å². The lowest BCUT2D eigenvalue weighted by atomic mass is 10.2. The molecule has 10 heteroatoms. The van der Waals surface area contributed by atoms with Gasteiger partial charge in [0.2, 0.25) is 0 Å². The van der Waals surface area contributed by atoms with Crippen LogP contribution in [0.5, 0.6) is 0 Å². The van der Waals surface area contributed by atoms with Crippen molar-refractivity contribution in [1.82, 2.24) is 24.5 Å². The van der Waals surface area contributed by atoms with Crippen molar-refractivity contribution in [3.63, 3.8) is 0 Å². The summed E-state index contributed by atoms with van der Waals surface area (Å²) in [5.41, 5.74) is -0.544. The molecule has 0 radical (unpaired) electrons. The zero-order valence-electron chi connectivity index (χ0n) is 13.3. The molecule has 0 saturated carbocycles. The highest BCUT2D eigenvalue weighted by molar-refractivity contribution is 9.10. The molecule has 1 aliphatic rings. The van der Waals surface area contributed by atoms with Crippen LogP contribution in [0.3, 0.4) is 0 Å². The highest BCUT2D eigenvalue weighted by Gasteiger charge is 2.34. The third kappa shape index (κ3) is 3.16. The first-order valence-electron chi connectivity index (χ1n) is 7.73. The van der Waals surface area contributed by atoms with Gasteiger partial charge < -0.3 is 9.47 Å². The molecule has 6 nitrogen and oxygen atoms in total. The van der Waals surface area contributed by atoms with E-state index in [0.717, 1.165) is 16.5 Å². The second kappa shape index (κ2) is 6.35. The number of hydrogen-bond donors (Lipinski definition) is 0. The molecule has 0 N–H and O–H groups in total. The number of imidazole rings is 1. The van der Waals surface area contributed by atoms with Gasteiger partial charge in [-0.1, -0.05) is 0 Å². The number of rotatable bonds is 2. The largest absolute Gasteiger partial charge is 0.433 e. The van der Waals surface area contributed by atoms with Crippen LogP contribution in [0.1, 0.15) is 11.5 Å². The summed E-state index contributed by atoms with van der Waals surface area (Å²) >= 11 is 3.41. The van der Waals surface area contributed by atoms with Crippen molar-refractivity contribution in [2.45, 2.75) is 19.3 Å². The number of nitrogens with zero attached hydrogens (tertiary/aromatic N) is 6. The third-order valence-corrected chi connectivity index (χ3v) is 4.69. The average Bonchev–Trinajstić information content (AvgIpc) is 3.02. The van der Waals surface area contributed by atoms with E-state index in [4.69, 9.17) is 0 Å². The molecule has 3 aromatic rings. The lowest BCUT2D eigenvalue weighted by molar-refractivity contribution is -0.141. The van der Waals surface area contributed by atoms with Gasteiger partial charge in [-0.2, -0.15) is 13.2 Å². The van der Waals surface area contributed by atoms with Crippen molar-refractivity contribution >= 4 is 21.7 Å². The first kappa shape index (κ1) is 17.0. The smallest absolute Gasteiger partial charge is 0.347 e. The number of alkyl halides is 3. The van der Waals surface area contributed by atoms with Crippen LogP contribution in [0.15, 0.2) is 41.4 Å². The maximum Gasteiger partial charge on any atom is 0.433 e. The Morgan fingerprint density at radius 3 is 2.69 bits per heavy atom. The van der Waals surface area contributed by atoms with E-state index in [1.165, 1.54) is 6.20 Å². The molecule has 0 unspecified atom stereocenters. The molecule has 4 heterocycles. The van der Waals surface area contributed by atoms with Crippen LogP contribution in [-0.4, -0.2) is 31.0 Å². The fraction of sp³-hybridized carbons (Fsp3) is 0.250. The molecule has 0 bridgehead atoms. The van der Waals surface area contributed by atoms with Gasteiger partial charge in [0, 0.05) is 37.1 Å². The topological polar surface area (TPSA) is 59.7 Å². The van der Waals surface area contributed by atoms with Gasteiger partial charge in [0.15, 0.2) is 11.5 Å².